The molecule has 0 saturated carbocycles. The van der Waals surface area contributed by atoms with Gasteiger partial charge in [0.05, 0.1) is 13.2 Å². The third kappa shape index (κ3) is 5.39. The van der Waals surface area contributed by atoms with E-state index >= 15 is 0 Å². The van der Waals surface area contributed by atoms with Crippen LogP contribution in [0.3, 0.4) is 0 Å². The molecule has 2 unspecified atom stereocenters. The van der Waals surface area contributed by atoms with E-state index in [1.165, 1.54) is 0 Å². The predicted octanol–water partition coefficient (Wildman–Crippen LogP) is 2.59. The monoisotopic (exact) mass is 281 g/mol. The number of aliphatic hydroxyl groups excluding tert-OH is 1. The van der Waals surface area contributed by atoms with Crippen molar-refractivity contribution in [2.24, 2.45) is 5.92 Å². The fourth-order valence-electron chi connectivity index (χ4n) is 1.73. The molecule has 20 heavy (non-hydrogen) atoms. The fourth-order valence-corrected chi connectivity index (χ4v) is 1.73. The van der Waals surface area contributed by atoms with Gasteiger partial charge in [0.15, 0.2) is 0 Å². The van der Waals surface area contributed by atoms with Gasteiger partial charge in [0.1, 0.15) is 17.6 Å². The van der Waals surface area contributed by atoms with Crippen molar-refractivity contribution in [3.8, 4) is 11.5 Å². The van der Waals surface area contributed by atoms with Crippen LogP contribution in [-0.2, 0) is 6.54 Å². The first kappa shape index (κ1) is 16.8. The zero-order chi connectivity index (χ0) is 15.1. The number of methoxy groups -OCH3 is 1. The molecular formula is C16H27NO3. The normalized spacial score (nSPS) is 14.2. The van der Waals surface area contributed by atoms with Crippen molar-refractivity contribution in [3.05, 3.63) is 23.8 Å². The molecule has 0 heterocycles. The van der Waals surface area contributed by atoms with Gasteiger partial charge >= 0.3 is 0 Å². The van der Waals surface area contributed by atoms with Crippen LogP contribution in [-0.4, -0.2) is 31.0 Å². The first-order valence-electron chi connectivity index (χ1n) is 7.16. The third-order valence-electron chi connectivity index (χ3n) is 3.13. The van der Waals surface area contributed by atoms with Crippen LogP contribution in [0.2, 0.25) is 0 Å². The Labute approximate surface area is 122 Å². The van der Waals surface area contributed by atoms with Crippen molar-refractivity contribution in [3.63, 3.8) is 0 Å². The molecule has 0 spiro atoms. The minimum absolute atomic E-state index is 0.243. The highest BCUT2D eigenvalue weighted by Crippen LogP contribution is 2.25. The highest BCUT2D eigenvalue weighted by atomic mass is 16.5. The highest BCUT2D eigenvalue weighted by Gasteiger charge is 2.13. The van der Waals surface area contributed by atoms with Gasteiger partial charge in [-0.15, -0.1) is 0 Å². The molecule has 0 bridgehead atoms. The van der Waals surface area contributed by atoms with Gasteiger partial charge in [0.25, 0.3) is 0 Å². The van der Waals surface area contributed by atoms with E-state index < -0.39 is 6.10 Å². The van der Waals surface area contributed by atoms with Gasteiger partial charge in [0.2, 0.25) is 0 Å². The Balaban J connectivity index is 2.80. The molecule has 1 aromatic carbocycles. The summed E-state index contributed by atoms with van der Waals surface area (Å²) in [5.41, 5.74) is 1.04. The average molecular weight is 281 g/mol. The minimum Gasteiger partial charge on any atom is -0.497 e. The van der Waals surface area contributed by atoms with Crippen LogP contribution >= 0.6 is 0 Å². The molecule has 2 N–H and O–H groups in total. The van der Waals surface area contributed by atoms with Crippen LogP contribution in [0.15, 0.2) is 18.2 Å². The Morgan fingerprint density at radius 2 is 1.90 bits per heavy atom. The number of nitrogens with one attached hydrogen (secondary N) is 1. The second kappa shape index (κ2) is 8.12. The highest BCUT2D eigenvalue weighted by molar-refractivity contribution is 5.40. The average Bonchev–Trinajstić information content (AvgIpc) is 2.39. The summed E-state index contributed by atoms with van der Waals surface area (Å²) in [5.74, 6) is 2.19. The Morgan fingerprint density at radius 3 is 2.45 bits per heavy atom. The van der Waals surface area contributed by atoms with Crippen molar-refractivity contribution in [1.82, 2.24) is 5.32 Å². The lowest BCUT2D eigenvalue weighted by atomic mass is 10.1. The van der Waals surface area contributed by atoms with Crippen molar-refractivity contribution < 1.29 is 14.6 Å². The van der Waals surface area contributed by atoms with Crippen LogP contribution in [0.4, 0.5) is 0 Å². The van der Waals surface area contributed by atoms with Gasteiger partial charge in [-0.05, 0) is 44.5 Å². The number of ether oxygens (including phenoxy) is 2. The third-order valence-corrected chi connectivity index (χ3v) is 3.13. The van der Waals surface area contributed by atoms with E-state index in [9.17, 15) is 5.11 Å². The summed E-state index contributed by atoms with van der Waals surface area (Å²) >= 11 is 0. The van der Waals surface area contributed by atoms with Crippen LogP contribution in [0.5, 0.6) is 11.5 Å². The lowest BCUT2D eigenvalue weighted by molar-refractivity contribution is 0.0597. The number of rotatable bonds is 8. The molecule has 4 nitrogen and oxygen atoms in total. The molecule has 0 aliphatic rings. The molecule has 0 amide bonds. The van der Waals surface area contributed by atoms with Crippen LogP contribution in [0, 0.1) is 5.92 Å². The smallest absolute Gasteiger partial charge is 0.124 e. The lowest BCUT2D eigenvalue weighted by Crippen LogP contribution is -2.26. The van der Waals surface area contributed by atoms with Gasteiger partial charge in [-0.2, -0.15) is 0 Å². The molecule has 0 aromatic heterocycles. The number of aliphatic hydroxyl groups is 1. The first-order valence-corrected chi connectivity index (χ1v) is 7.16. The second-order valence-corrected chi connectivity index (χ2v) is 5.56. The Hall–Kier alpha value is -1.26. The maximum absolute atomic E-state index is 9.56. The maximum Gasteiger partial charge on any atom is 0.124 e. The topological polar surface area (TPSA) is 50.7 Å². The first-order chi connectivity index (χ1) is 9.43. The van der Waals surface area contributed by atoms with E-state index in [-0.39, 0.29) is 6.10 Å². The van der Waals surface area contributed by atoms with Crippen molar-refractivity contribution >= 4 is 0 Å². The molecule has 0 aliphatic heterocycles. The Morgan fingerprint density at radius 1 is 1.20 bits per heavy atom. The zero-order valence-electron chi connectivity index (χ0n) is 13.1. The SMILES string of the molecule is COc1ccc(OC(C)C(C)O)c(CNCC(C)C)c1. The number of benzene rings is 1. The summed E-state index contributed by atoms with van der Waals surface area (Å²) in [5, 5.41) is 13.0. The molecule has 2 atom stereocenters. The lowest BCUT2D eigenvalue weighted by Gasteiger charge is -2.20. The van der Waals surface area contributed by atoms with Gasteiger partial charge in [-0.3, -0.25) is 0 Å². The van der Waals surface area contributed by atoms with Crippen LogP contribution in [0.1, 0.15) is 33.3 Å². The molecule has 0 radical (unpaired) electrons. The summed E-state index contributed by atoms with van der Waals surface area (Å²) in [4.78, 5) is 0. The van der Waals surface area contributed by atoms with E-state index in [0.717, 1.165) is 30.2 Å². The van der Waals surface area contributed by atoms with E-state index in [1.807, 2.05) is 25.1 Å². The summed E-state index contributed by atoms with van der Waals surface area (Å²) in [6, 6.07) is 5.73. The second-order valence-electron chi connectivity index (χ2n) is 5.56. The number of hydrogen-bond donors (Lipinski definition) is 2. The van der Waals surface area contributed by atoms with Gasteiger partial charge < -0.3 is 19.9 Å². The molecule has 1 aromatic rings. The van der Waals surface area contributed by atoms with E-state index in [2.05, 4.69) is 19.2 Å². The number of hydrogen-bond acceptors (Lipinski definition) is 4. The largest absolute Gasteiger partial charge is 0.497 e. The van der Waals surface area contributed by atoms with E-state index in [1.54, 1.807) is 14.0 Å². The van der Waals surface area contributed by atoms with Gasteiger partial charge in [-0.25, -0.2) is 0 Å². The van der Waals surface area contributed by atoms with Crippen molar-refractivity contribution in [2.45, 2.75) is 46.4 Å². The molecule has 0 saturated heterocycles. The van der Waals surface area contributed by atoms with Gasteiger partial charge in [-0.1, -0.05) is 13.8 Å². The zero-order valence-corrected chi connectivity index (χ0v) is 13.1. The Bertz CT molecular complexity index is 405. The van der Waals surface area contributed by atoms with Gasteiger partial charge in [0, 0.05) is 12.1 Å². The van der Waals surface area contributed by atoms with Crippen molar-refractivity contribution in [2.75, 3.05) is 13.7 Å². The summed E-state index contributed by atoms with van der Waals surface area (Å²) < 4.78 is 11.1. The molecule has 4 heteroatoms. The standard InChI is InChI=1S/C16H27NO3/c1-11(2)9-17-10-14-8-15(19-5)6-7-16(14)20-13(4)12(3)18/h6-8,11-13,17-18H,9-10H2,1-5H3. The van der Waals surface area contributed by atoms with Crippen molar-refractivity contribution in [1.29, 1.82) is 0 Å². The summed E-state index contributed by atoms with van der Waals surface area (Å²) in [7, 11) is 1.65. The van der Waals surface area contributed by atoms with Crippen LogP contribution < -0.4 is 14.8 Å². The molecule has 0 aliphatic carbocycles. The summed E-state index contributed by atoms with van der Waals surface area (Å²) in [6.45, 7) is 9.60. The maximum atomic E-state index is 9.56. The Kier molecular flexibility index (Phi) is 6.82. The quantitative estimate of drug-likeness (QED) is 0.769. The molecular weight excluding hydrogens is 254 g/mol. The predicted molar refractivity (Wildman–Crippen MR) is 81.3 cm³/mol. The molecule has 0 fully saturated rings. The van der Waals surface area contributed by atoms with E-state index in [0.29, 0.717) is 5.92 Å². The summed E-state index contributed by atoms with van der Waals surface area (Å²) in [6.07, 6.45) is -0.749. The molecule has 1 rings (SSSR count). The minimum atomic E-state index is -0.506. The fraction of sp³-hybridized carbons (Fsp3) is 0.625. The van der Waals surface area contributed by atoms with Crippen LogP contribution in [0.25, 0.3) is 0 Å². The molecule has 114 valence electrons. The van der Waals surface area contributed by atoms with E-state index in [4.69, 9.17) is 9.47 Å².